The van der Waals surface area contributed by atoms with Gasteiger partial charge in [0.25, 0.3) is 10.2 Å². The molecule has 290 valence electrons. The third-order valence-corrected chi connectivity index (χ3v) is 9.26. The van der Waals surface area contributed by atoms with Crippen LogP contribution in [0.1, 0.15) is 49.3 Å². The van der Waals surface area contributed by atoms with Crippen LogP contribution in [-0.2, 0) is 35.9 Å². The lowest BCUT2D eigenvalue weighted by atomic mass is 9.98. The number of hydrogen-bond donors (Lipinski definition) is 9. The minimum absolute atomic E-state index is 0.0651. The number of rotatable bonds is 18. The molecule has 11 N–H and O–H groups in total. The lowest BCUT2D eigenvalue weighted by molar-refractivity contribution is -0.132. The molecule has 0 radical (unpaired) electrons. The molecule has 1 aliphatic rings. The first-order valence-corrected chi connectivity index (χ1v) is 18.7. The zero-order valence-electron chi connectivity index (χ0n) is 29.8. The molecule has 0 saturated carbocycles. The molecule has 54 heavy (non-hydrogen) atoms. The second-order valence-corrected chi connectivity index (χ2v) is 14.4. The number of carbonyl (C=O) groups is 5. The predicted molar refractivity (Wildman–Crippen MR) is 200 cm³/mol. The van der Waals surface area contributed by atoms with E-state index in [0.29, 0.717) is 11.3 Å². The van der Waals surface area contributed by atoms with Crippen molar-refractivity contribution < 1.29 is 42.2 Å². The number of benzene rings is 3. The number of ether oxygens (including phenoxy) is 1. The Balaban J connectivity index is 1.45. The first-order valence-electron chi connectivity index (χ1n) is 17.2. The van der Waals surface area contributed by atoms with Gasteiger partial charge in [-0.15, -0.1) is 0 Å². The van der Waals surface area contributed by atoms with Crippen LogP contribution in [0.5, 0.6) is 0 Å². The third kappa shape index (κ3) is 11.7. The number of aliphatic hydroxyl groups excluding tert-OH is 1. The summed E-state index contributed by atoms with van der Waals surface area (Å²) in [5, 5.41) is 27.1. The Bertz CT molecular complexity index is 1880. The Labute approximate surface area is 313 Å². The van der Waals surface area contributed by atoms with Gasteiger partial charge in [-0.1, -0.05) is 74.5 Å². The molecular formula is C36H46N8O9S. The summed E-state index contributed by atoms with van der Waals surface area (Å²) in [5.74, 6) is -3.13. The largest absolute Gasteiger partial charge is 0.449 e. The van der Waals surface area contributed by atoms with Gasteiger partial charge >= 0.3 is 12.1 Å². The fourth-order valence-electron chi connectivity index (χ4n) is 5.95. The minimum Gasteiger partial charge on any atom is -0.449 e. The summed E-state index contributed by atoms with van der Waals surface area (Å²) >= 11 is 0. The molecule has 0 unspecified atom stereocenters. The van der Waals surface area contributed by atoms with Gasteiger partial charge in [-0.05, 0) is 58.7 Å². The number of urea groups is 1. The molecule has 0 spiro atoms. The average Bonchev–Trinajstić information content (AvgIpc) is 3.45. The van der Waals surface area contributed by atoms with Crippen LogP contribution in [0.15, 0.2) is 72.8 Å². The Morgan fingerprint density at radius 3 is 1.98 bits per heavy atom. The lowest BCUT2D eigenvalue weighted by Gasteiger charge is -2.27. The fourth-order valence-corrected chi connectivity index (χ4v) is 6.35. The predicted octanol–water partition coefficient (Wildman–Crippen LogP) is 0.892. The lowest BCUT2D eigenvalue weighted by Crippen LogP contribution is -2.59. The molecule has 6 amide bonds. The number of carbonyl (C=O) groups excluding carboxylic acids is 5. The van der Waals surface area contributed by atoms with Gasteiger partial charge in [0.2, 0.25) is 17.7 Å². The normalized spacial score (nSPS) is 13.8. The van der Waals surface area contributed by atoms with E-state index in [4.69, 9.17) is 15.6 Å². The zero-order valence-corrected chi connectivity index (χ0v) is 30.7. The van der Waals surface area contributed by atoms with Crippen LogP contribution in [0.2, 0.25) is 0 Å². The van der Waals surface area contributed by atoms with Crippen LogP contribution < -0.4 is 42.2 Å². The van der Waals surface area contributed by atoms with E-state index < -0.39 is 70.6 Å². The van der Waals surface area contributed by atoms with Gasteiger partial charge in [0.15, 0.2) is 0 Å². The molecule has 0 bridgehead atoms. The quantitative estimate of drug-likeness (QED) is 0.0831. The number of hydrogen-bond acceptors (Lipinski definition) is 9. The second kappa shape index (κ2) is 19.0. The van der Waals surface area contributed by atoms with Crippen molar-refractivity contribution in [2.24, 2.45) is 16.8 Å². The van der Waals surface area contributed by atoms with E-state index in [-0.39, 0.29) is 38.5 Å². The van der Waals surface area contributed by atoms with Crippen molar-refractivity contribution >= 4 is 45.7 Å². The number of aliphatic hydroxyl groups is 1. The molecule has 1 aliphatic carbocycles. The number of alkyl carbamates (subject to hydrolysis) is 1. The maximum Gasteiger partial charge on any atom is 0.407 e. The van der Waals surface area contributed by atoms with E-state index in [1.165, 1.54) is 0 Å². The average molecular weight is 767 g/mol. The topological polar surface area (TPSA) is 273 Å². The minimum atomic E-state index is -4.31. The molecule has 0 heterocycles. The van der Waals surface area contributed by atoms with Crippen molar-refractivity contribution in [3.8, 4) is 11.1 Å². The van der Waals surface area contributed by atoms with Gasteiger partial charge in [-0.2, -0.15) is 13.1 Å². The summed E-state index contributed by atoms with van der Waals surface area (Å²) in [7, 11) is -4.31. The van der Waals surface area contributed by atoms with E-state index in [9.17, 15) is 37.5 Å². The highest BCUT2D eigenvalue weighted by Crippen LogP contribution is 2.44. The number of primary amides is 1. The molecule has 4 rings (SSSR count). The van der Waals surface area contributed by atoms with E-state index in [2.05, 4.69) is 26.6 Å². The maximum absolute atomic E-state index is 13.7. The van der Waals surface area contributed by atoms with Gasteiger partial charge in [-0.3, -0.25) is 14.4 Å². The molecular weight excluding hydrogens is 721 g/mol. The molecule has 3 atom stereocenters. The number of amides is 6. The van der Waals surface area contributed by atoms with Gasteiger partial charge in [0.1, 0.15) is 24.7 Å². The summed E-state index contributed by atoms with van der Waals surface area (Å²) in [6.07, 6.45) is -0.711. The Morgan fingerprint density at radius 2 is 1.43 bits per heavy atom. The smallest absolute Gasteiger partial charge is 0.407 e. The maximum atomic E-state index is 13.7. The summed E-state index contributed by atoms with van der Waals surface area (Å²) in [5.41, 5.74) is 10.1. The van der Waals surface area contributed by atoms with Gasteiger partial charge < -0.3 is 42.2 Å². The van der Waals surface area contributed by atoms with Crippen LogP contribution in [0.25, 0.3) is 11.1 Å². The molecule has 18 heteroatoms. The molecule has 3 aromatic rings. The Hall–Kier alpha value is -5.56. The third-order valence-electron chi connectivity index (χ3n) is 8.69. The van der Waals surface area contributed by atoms with Crippen molar-refractivity contribution in [2.45, 2.75) is 57.3 Å². The van der Waals surface area contributed by atoms with Crippen LogP contribution in [0, 0.1) is 5.92 Å². The van der Waals surface area contributed by atoms with Crippen LogP contribution >= 0.6 is 0 Å². The highest BCUT2D eigenvalue weighted by Gasteiger charge is 2.33. The van der Waals surface area contributed by atoms with Crippen molar-refractivity contribution in [3.63, 3.8) is 0 Å². The van der Waals surface area contributed by atoms with Crippen molar-refractivity contribution in [1.82, 2.24) is 26.0 Å². The van der Waals surface area contributed by atoms with E-state index >= 15 is 0 Å². The summed E-state index contributed by atoms with van der Waals surface area (Å²) in [6.45, 7) is 2.43. The van der Waals surface area contributed by atoms with E-state index in [1.54, 1.807) is 38.1 Å². The number of fused-ring (bicyclic) bond motifs is 3. The number of nitrogens with one attached hydrogen (secondary N) is 6. The summed E-state index contributed by atoms with van der Waals surface area (Å²) in [4.78, 5) is 64.8. The summed E-state index contributed by atoms with van der Waals surface area (Å²) in [6, 6.07) is 17.1. The van der Waals surface area contributed by atoms with Crippen LogP contribution in [0.3, 0.4) is 0 Å². The monoisotopic (exact) mass is 766 g/mol. The Morgan fingerprint density at radius 1 is 0.815 bits per heavy atom. The zero-order chi connectivity index (χ0) is 39.4. The van der Waals surface area contributed by atoms with Gasteiger partial charge in [0, 0.05) is 24.7 Å². The first kappa shape index (κ1) is 41.2. The van der Waals surface area contributed by atoms with Crippen LogP contribution in [0.4, 0.5) is 15.3 Å². The molecule has 17 nitrogen and oxygen atoms in total. The standard InChI is InChI=1S/C36H46N8O9S/c1-21(2)31(34(48)42-29(12-7-17-39-35(37)49)32(46)41-23-15-13-22(19-45)14-16-23)44-33(47)30(18-40-54(38,51)52)43-36(50)53-20-28-26-10-5-3-8-24(26)25-9-4-6-11-27(25)28/h3-6,8-11,13-16,21,28-31,40,45H,7,12,17-20H2,1-2H3,(H,41,46)(H,42,48)(H,43,50)(H,44,47)(H3,37,39,49)(H2,38,51,52)/t29-,30-,31-/m0/s1. The van der Waals surface area contributed by atoms with Crippen LogP contribution in [-0.4, -0.2) is 81.2 Å². The molecule has 0 saturated heterocycles. The Kier molecular flexibility index (Phi) is 14.5. The van der Waals surface area contributed by atoms with Crippen molar-refractivity contribution in [2.75, 3.05) is 25.0 Å². The highest BCUT2D eigenvalue weighted by atomic mass is 32.2. The van der Waals surface area contributed by atoms with Gasteiger partial charge in [-0.25, -0.2) is 14.7 Å². The SMILES string of the molecule is CC(C)[C@H](NC(=O)[C@H](CNS(N)(=O)=O)NC(=O)OCC1c2ccccc2-c2ccccc21)C(=O)N[C@@H](CCCNC(N)=O)C(=O)Nc1ccc(CO)cc1. The van der Waals surface area contributed by atoms with E-state index in [0.717, 1.165) is 22.3 Å². The molecule has 0 aromatic heterocycles. The molecule has 3 aromatic carbocycles. The first-order chi connectivity index (χ1) is 25.7. The highest BCUT2D eigenvalue weighted by molar-refractivity contribution is 7.87. The summed E-state index contributed by atoms with van der Waals surface area (Å²) < 4.78 is 31.1. The number of nitrogens with two attached hydrogens (primary N) is 2. The molecule has 0 fully saturated rings. The van der Waals surface area contributed by atoms with Crippen molar-refractivity contribution in [1.29, 1.82) is 0 Å². The number of anilines is 1. The second-order valence-electron chi connectivity index (χ2n) is 13.0. The fraction of sp³-hybridized carbons (Fsp3) is 0.361. The van der Waals surface area contributed by atoms with Crippen molar-refractivity contribution in [3.05, 3.63) is 89.5 Å². The van der Waals surface area contributed by atoms with E-state index in [1.807, 2.05) is 53.3 Å². The molecule has 0 aliphatic heterocycles. The van der Waals surface area contributed by atoms with Gasteiger partial charge in [0.05, 0.1) is 6.61 Å².